The van der Waals surface area contributed by atoms with Crippen LogP contribution in [0, 0.1) is 0 Å². The lowest BCUT2D eigenvalue weighted by molar-refractivity contribution is 0.964. The molecule has 0 amide bonds. The molecule has 0 spiro atoms. The van der Waals surface area contributed by atoms with Crippen molar-refractivity contribution in [2.24, 2.45) is 0 Å². The third-order valence-electron chi connectivity index (χ3n) is 5.21. The van der Waals surface area contributed by atoms with Gasteiger partial charge in [-0.2, -0.15) is 0 Å². The molecule has 1 heterocycles. The highest BCUT2D eigenvalue weighted by atomic mass is 14.9. The van der Waals surface area contributed by atoms with E-state index in [1.54, 1.807) is 0 Å². The first-order valence-electron chi connectivity index (χ1n) is 9.67. The predicted molar refractivity (Wildman–Crippen MR) is 117 cm³/mol. The van der Waals surface area contributed by atoms with Gasteiger partial charge in [-0.3, -0.25) is 0 Å². The Balaban J connectivity index is 1.59. The number of para-hydroxylation sites is 1. The second kappa shape index (κ2) is 6.90. The zero-order chi connectivity index (χ0) is 18.9. The maximum Gasteiger partial charge on any atom is 0.129 e. The highest BCUT2D eigenvalue weighted by Gasteiger charge is 2.09. The van der Waals surface area contributed by atoms with Gasteiger partial charge in [0.2, 0.25) is 0 Å². The average molecular weight is 360 g/mol. The molecule has 28 heavy (non-hydrogen) atoms. The topological polar surface area (TPSA) is 25.8 Å². The Hall–Kier alpha value is -3.52. The molecule has 0 aliphatic rings. The second-order valence-corrected chi connectivity index (χ2v) is 7.00. The molecule has 0 radical (unpaired) electrons. The summed E-state index contributed by atoms with van der Waals surface area (Å²) in [6.07, 6.45) is 0.826. The van der Waals surface area contributed by atoms with Crippen molar-refractivity contribution in [2.75, 3.05) is 0 Å². The number of hydrogen-bond acceptors (Lipinski definition) is 2. The van der Waals surface area contributed by atoms with Crippen LogP contribution in [0.2, 0.25) is 0 Å². The Labute approximate surface area is 164 Å². The number of rotatable bonds is 3. The molecule has 4 aromatic carbocycles. The molecule has 0 unspecified atom stereocenters. The summed E-state index contributed by atoms with van der Waals surface area (Å²) in [6.45, 7) is 2.09. The van der Waals surface area contributed by atoms with Gasteiger partial charge in [-0.05, 0) is 34.0 Å². The Morgan fingerprint density at radius 1 is 0.607 bits per heavy atom. The van der Waals surface area contributed by atoms with Crippen LogP contribution in [0.15, 0.2) is 91.0 Å². The van der Waals surface area contributed by atoms with E-state index in [1.807, 2.05) is 12.1 Å². The van der Waals surface area contributed by atoms with Crippen LogP contribution in [-0.2, 0) is 6.42 Å². The van der Waals surface area contributed by atoms with Crippen LogP contribution in [0.25, 0.3) is 44.1 Å². The van der Waals surface area contributed by atoms with E-state index in [2.05, 4.69) is 90.8 Å². The summed E-state index contributed by atoms with van der Waals surface area (Å²) in [5, 5.41) is 3.62. The molecule has 2 nitrogen and oxygen atoms in total. The summed E-state index contributed by atoms with van der Waals surface area (Å²) >= 11 is 0. The molecule has 134 valence electrons. The van der Waals surface area contributed by atoms with Crippen molar-refractivity contribution < 1.29 is 0 Å². The molecule has 0 bridgehead atoms. The number of benzene rings is 4. The third kappa shape index (κ3) is 2.93. The van der Waals surface area contributed by atoms with E-state index in [4.69, 9.17) is 4.98 Å². The molecular formula is C26H20N2. The van der Waals surface area contributed by atoms with Crippen LogP contribution in [0.1, 0.15) is 12.7 Å². The van der Waals surface area contributed by atoms with E-state index in [0.29, 0.717) is 0 Å². The molecule has 1 aromatic heterocycles. The lowest BCUT2D eigenvalue weighted by Gasteiger charge is -2.09. The first-order chi connectivity index (χ1) is 13.8. The number of aryl methyl sites for hydroxylation is 1. The highest BCUT2D eigenvalue weighted by Crippen LogP contribution is 2.30. The van der Waals surface area contributed by atoms with Gasteiger partial charge >= 0.3 is 0 Å². The van der Waals surface area contributed by atoms with Gasteiger partial charge in [-0.15, -0.1) is 0 Å². The lowest BCUT2D eigenvalue weighted by atomic mass is 9.99. The molecule has 2 heteroatoms. The molecule has 0 fully saturated rings. The summed E-state index contributed by atoms with van der Waals surface area (Å²) in [7, 11) is 0. The number of aromatic nitrogens is 2. The van der Waals surface area contributed by atoms with Gasteiger partial charge in [0.05, 0.1) is 11.2 Å². The van der Waals surface area contributed by atoms with Gasteiger partial charge in [0, 0.05) is 17.4 Å². The van der Waals surface area contributed by atoms with Crippen LogP contribution < -0.4 is 0 Å². The lowest BCUT2D eigenvalue weighted by Crippen LogP contribution is -1.97. The summed E-state index contributed by atoms with van der Waals surface area (Å²) in [4.78, 5) is 9.48. The van der Waals surface area contributed by atoms with Crippen molar-refractivity contribution >= 4 is 21.7 Å². The van der Waals surface area contributed by atoms with Gasteiger partial charge in [0.25, 0.3) is 0 Å². The van der Waals surface area contributed by atoms with Crippen molar-refractivity contribution in [3.05, 3.63) is 96.8 Å². The summed E-state index contributed by atoms with van der Waals surface area (Å²) in [5.74, 6) is 0.882. The number of fused-ring (bicyclic) bond motifs is 2. The third-order valence-corrected chi connectivity index (χ3v) is 5.21. The van der Waals surface area contributed by atoms with E-state index in [1.165, 1.54) is 21.9 Å². The molecule has 0 N–H and O–H groups in total. The first kappa shape index (κ1) is 16.6. The van der Waals surface area contributed by atoms with Crippen molar-refractivity contribution in [1.29, 1.82) is 0 Å². The summed E-state index contributed by atoms with van der Waals surface area (Å²) in [5.41, 5.74) is 5.57. The maximum atomic E-state index is 4.82. The van der Waals surface area contributed by atoms with Gasteiger partial charge in [0.15, 0.2) is 0 Å². The van der Waals surface area contributed by atoms with Gasteiger partial charge in [0.1, 0.15) is 5.82 Å². The van der Waals surface area contributed by atoms with Gasteiger partial charge in [-0.25, -0.2) is 9.97 Å². The maximum absolute atomic E-state index is 4.82. The van der Waals surface area contributed by atoms with Gasteiger partial charge < -0.3 is 0 Å². The van der Waals surface area contributed by atoms with Crippen LogP contribution >= 0.6 is 0 Å². The minimum atomic E-state index is 0.826. The van der Waals surface area contributed by atoms with E-state index in [0.717, 1.165) is 34.4 Å². The normalized spacial score (nSPS) is 11.2. The second-order valence-electron chi connectivity index (χ2n) is 7.00. The Bertz CT molecular complexity index is 1290. The molecule has 5 aromatic rings. The smallest absolute Gasteiger partial charge is 0.129 e. The largest absolute Gasteiger partial charge is 0.233 e. The first-order valence-corrected chi connectivity index (χ1v) is 9.67. The van der Waals surface area contributed by atoms with E-state index >= 15 is 0 Å². The van der Waals surface area contributed by atoms with Crippen molar-refractivity contribution in [3.8, 4) is 22.4 Å². The SMILES string of the molecule is CCc1nc(-c2ccc(-c3ccc4ccccc4c3)cc2)c2ccccc2n1. The fourth-order valence-electron chi connectivity index (χ4n) is 3.69. The number of nitrogens with zero attached hydrogens (tertiary/aromatic N) is 2. The van der Waals surface area contributed by atoms with Crippen molar-refractivity contribution in [2.45, 2.75) is 13.3 Å². The molecule has 0 saturated carbocycles. The monoisotopic (exact) mass is 360 g/mol. The van der Waals surface area contributed by atoms with Crippen LogP contribution in [-0.4, -0.2) is 9.97 Å². The summed E-state index contributed by atoms with van der Waals surface area (Å²) in [6, 6.07) is 32.0. The minimum Gasteiger partial charge on any atom is -0.233 e. The zero-order valence-corrected chi connectivity index (χ0v) is 15.8. The molecular weight excluding hydrogens is 340 g/mol. The van der Waals surface area contributed by atoms with Crippen LogP contribution in [0.3, 0.4) is 0 Å². The highest BCUT2D eigenvalue weighted by molar-refractivity contribution is 5.93. The molecule has 0 aliphatic carbocycles. The Kier molecular flexibility index (Phi) is 4.10. The Morgan fingerprint density at radius 2 is 1.29 bits per heavy atom. The molecule has 0 saturated heterocycles. The summed E-state index contributed by atoms with van der Waals surface area (Å²) < 4.78 is 0. The van der Waals surface area contributed by atoms with E-state index in [-0.39, 0.29) is 0 Å². The molecule has 0 aliphatic heterocycles. The number of hydrogen-bond donors (Lipinski definition) is 0. The zero-order valence-electron chi connectivity index (χ0n) is 15.8. The van der Waals surface area contributed by atoms with Crippen LogP contribution in [0.5, 0.6) is 0 Å². The molecule has 5 rings (SSSR count). The van der Waals surface area contributed by atoms with Gasteiger partial charge in [-0.1, -0.05) is 85.8 Å². The standard InChI is InChI=1S/C26H20N2/c1-2-25-27-24-10-6-5-9-23(24)26(28-25)20-14-11-19(12-15-20)22-16-13-18-7-3-4-8-21(18)17-22/h3-17H,2H2,1H3. The quantitative estimate of drug-likeness (QED) is 0.359. The minimum absolute atomic E-state index is 0.826. The van der Waals surface area contributed by atoms with Crippen LogP contribution in [0.4, 0.5) is 0 Å². The van der Waals surface area contributed by atoms with E-state index in [9.17, 15) is 0 Å². The van der Waals surface area contributed by atoms with Crippen molar-refractivity contribution in [1.82, 2.24) is 9.97 Å². The Morgan fingerprint density at radius 3 is 2.11 bits per heavy atom. The molecule has 0 atom stereocenters. The fraction of sp³-hybridized carbons (Fsp3) is 0.0769. The van der Waals surface area contributed by atoms with Crippen molar-refractivity contribution in [3.63, 3.8) is 0 Å². The fourth-order valence-corrected chi connectivity index (χ4v) is 3.69. The average Bonchev–Trinajstić information content (AvgIpc) is 2.78. The predicted octanol–water partition coefficient (Wildman–Crippen LogP) is 6.68. The van der Waals surface area contributed by atoms with E-state index < -0.39 is 0 Å².